The number of hydrogen-bond donors (Lipinski definition) is 1. The average Bonchev–Trinajstić information content (AvgIpc) is 1.81. The maximum Gasteiger partial charge on any atom is 0.113 e. The highest BCUT2D eigenvalue weighted by Gasteiger charge is 2.21. The van der Waals surface area contributed by atoms with E-state index >= 15 is 0 Å². The average molecular weight is 249 g/mol. The van der Waals surface area contributed by atoms with Crippen molar-refractivity contribution in [3.05, 3.63) is 0 Å². The van der Waals surface area contributed by atoms with Crippen LogP contribution in [0.15, 0.2) is 4.99 Å². The van der Waals surface area contributed by atoms with E-state index in [1.54, 1.807) is 0 Å². The molecule has 0 amide bonds. The van der Waals surface area contributed by atoms with Crippen molar-refractivity contribution in [2.24, 2.45) is 4.99 Å². The van der Waals surface area contributed by atoms with Crippen LogP contribution in [0.3, 0.4) is 0 Å². The molecule has 78 valence electrons. The van der Waals surface area contributed by atoms with Crippen molar-refractivity contribution in [3.8, 4) is 0 Å². The summed E-state index contributed by atoms with van der Waals surface area (Å²) in [6, 6.07) is 0.757. The maximum atomic E-state index is 4.55. The van der Waals surface area contributed by atoms with Gasteiger partial charge < -0.3 is 5.32 Å². The van der Waals surface area contributed by atoms with Crippen LogP contribution in [0.4, 0.5) is 0 Å². The van der Waals surface area contributed by atoms with Gasteiger partial charge in [-0.05, 0) is 41.5 Å². The van der Waals surface area contributed by atoms with Crippen molar-refractivity contribution in [3.63, 3.8) is 0 Å². The van der Waals surface area contributed by atoms with Crippen molar-refractivity contribution in [1.82, 2.24) is 5.32 Å². The number of rotatable bonds is 3. The molecular formula is C10H21BrN2. The molecule has 0 radical (unpaired) electrons. The number of aliphatic imine (C=N–C) groups is 1. The summed E-state index contributed by atoms with van der Waals surface area (Å²) in [5.74, 6) is 1.03. The van der Waals surface area contributed by atoms with E-state index in [4.69, 9.17) is 0 Å². The largest absolute Gasteiger partial charge is 0.370 e. The second-order valence-corrected chi connectivity index (χ2v) is 6.33. The van der Waals surface area contributed by atoms with E-state index in [2.05, 4.69) is 67.8 Å². The Labute approximate surface area is 90.3 Å². The Kier molecular flexibility index (Phi) is 4.97. The summed E-state index contributed by atoms with van der Waals surface area (Å²) in [6.07, 6.45) is 0. The predicted molar refractivity (Wildman–Crippen MR) is 63.8 cm³/mol. The van der Waals surface area contributed by atoms with Crippen LogP contribution in [0.2, 0.25) is 0 Å². The Hall–Kier alpha value is -0.0500. The molecule has 0 saturated heterocycles. The van der Waals surface area contributed by atoms with Crippen molar-refractivity contribution in [1.29, 1.82) is 0 Å². The highest BCUT2D eigenvalue weighted by molar-refractivity contribution is 9.10. The standard InChI is InChI=1S/C10H21BrN2/c1-7(2)12-9(10(5,6)11)13-8(3)4/h7-8H,1-6H3,(H,12,13). The third-order valence-electron chi connectivity index (χ3n) is 1.38. The van der Waals surface area contributed by atoms with Gasteiger partial charge in [-0.3, -0.25) is 4.99 Å². The number of nitrogens with one attached hydrogen (secondary N) is 1. The molecular weight excluding hydrogens is 228 g/mol. The zero-order chi connectivity index (χ0) is 10.6. The normalized spacial score (nSPS) is 14.1. The molecule has 0 saturated carbocycles. The van der Waals surface area contributed by atoms with Crippen LogP contribution < -0.4 is 5.32 Å². The summed E-state index contributed by atoms with van der Waals surface area (Å²) in [6.45, 7) is 12.6. The minimum atomic E-state index is -0.0679. The first-order chi connectivity index (χ1) is 5.73. The Balaban J connectivity index is 4.57. The fourth-order valence-electron chi connectivity index (χ4n) is 0.894. The van der Waals surface area contributed by atoms with E-state index in [-0.39, 0.29) is 4.32 Å². The van der Waals surface area contributed by atoms with E-state index < -0.39 is 0 Å². The van der Waals surface area contributed by atoms with Gasteiger partial charge in [0, 0.05) is 12.1 Å². The fourth-order valence-corrected chi connectivity index (χ4v) is 1.11. The van der Waals surface area contributed by atoms with Crippen LogP contribution in [-0.2, 0) is 0 Å². The Bertz CT molecular complexity index is 178. The molecule has 1 N–H and O–H groups in total. The topological polar surface area (TPSA) is 24.4 Å². The first-order valence-corrected chi connectivity index (χ1v) is 5.56. The molecule has 0 aliphatic rings. The lowest BCUT2D eigenvalue weighted by molar-refractivity contribution is 0.689. The maximum absolute atomic E-state index is 4.55. The molecule has 0 atom stereocenters. The smallest absolute Gasteiger partial charge is 0.113 e. The highest BCUT2D eigenvalue weighted by Crippen LogP contribution is 2.17. The summed E-state index contributed by atoms with van der Waals surface area (Å²) in [5, 5.41) is 3.35. The third-order valence-corrected chi connectivity index (χ3v) is 1.75. The highest BCUT2D eigenvalue weighted by atomic mass is 79.9. The van der Waals surface area contributed by atoms with Gasteiger partial charge in [0.1, 0.15) is 5.84 Å². The molecule has 13 heavy (non-hydrogen) atoms. The molecule has 0 rings (SSSR count). The van der Waals surface area contributed by atoms with Gasteiger partial charge in [0.15, 0.2) is 0 Å². The summed E-state index contributed by atoms with van der Waals surface area (Å²) in [7, 11) is 0. The number of nitrogens with zero attached hydrogens (tertiary/aromatic N) is 1. The fraction of sp³-hybridized carbons (Fsp3) is 0.900. The van der Waals surface area contributed by atoms with Gasteiger partial charge in [-0.15, -0.1) is 0 Å². The molecule has 0 aromatic heterocycles. The molecule has 0 aliphatic carbocycles. The van der Waals surface area contributed by atoms with Crippen LogP contribution in [-0.4, -0.2) is 22.2 Å². The number of halogens is 1. The van der Waals surface area contributed by atoms with E-state index in [1.807, 2.05) is 0 Å². The Morgan fingerprint density at radius 1 is 1.23 bits per heavy atom. The third kappa shape index (κ3) is 6.08. The molecule has 0 aromatic rings. The molecule has 0 bridgehead atoms. The van der Waals surface area contributed by atoms with Gasteiger partial charge in [0.2, 0.25) is 0 Å². The molecule has 0 fully saturated rings. The number of alkyl halides is 1. The second kappa shape index (κ2) is 4.99. The summed E-state index contributed by atoms with van der Waals surface area (Å²) in [4.78, 5) is 4.55. The van der Waals surface area contributed by atoms with Gasteiger partial charge >= 0.3 is 0 Å². The van der Waals surface area contributed by atoms with Crippen molar-refractivity contribution < 1.29 is 0 Å². The van der Waals surface area contributed by atoms with E-state index in [0.29, 0.717) is 12.1 Å². The van der Waals surface area contributed by atoms with Crippen molar-refractivity contribution in [2.75, 3.05) is 0 Å². The first-order valence-electron chi connectivity index (χ1n) is 4.77. The number of hydrogen-bond acceptors (Lipinski definition) is 1. The van der Waals surface area contributed by atoms with Crippen LogP contribution >= 0.6 is 15.9 Å². The monoisotopic (exact) mass is 248 g/mol. The van der Waals surface area contributed by atoms with Crippen LogP contribution in [0.1, 0.15) is 41.5 Å². The van der Waals surface area contributed by atoms with Gasteiger partial charge in [0.05, 0.1) is 4.32 Å². The second-order valence-electron chi connectivity index (χ2n) is 4.34. The lowest BCUT2D eigenvalue weighted by Crippen LogP contribution is -2.42. The minimum absolute atomic E-state index is 0.0679. The summed E-state index contributed by atoms with van der Waals surface area (Å²) in [5.41, 5.74) is 0. The molecule has 0 heterocycles. The lowest BCUT2D eigenvalue weighted by Gasteiger charge is -2.24. The van der Waals surface area contributed by atoms with Crippen LogP contribution in [0, 0.1) is 0 Å². The van der Waals surface area contributed by atoms with Gasteiger partial charge in [-0.2, -0.15) is 0 Å². The molecule has 0 unspecified atom stereocenters. The van der Waals surface area contributed by atoms with Crippen LogP contribution in [0.5, 0.6) is 0 Å². The van der Waals surface area contributed by atoms with E-state index in [9.17, 15) is 0 Å². The van der Waals surface area contributed by atoms with Crippen molar-refractivity contribution in [2.45, 2.75) is 58.0 Å². The van der Waals surface area contributed by atoms with Crippen molar-refractivity contribution >= 4 is 21.8 Å². The number of amidine groups is 1. The summed E-state index contributed by atoms with van der Waals surface area (Å²) < 4.78 is -0.0679. The molecule has 2 nitrogen and oxygen atoms in total. The SMILES string of the molecule is CC(C)N=C(NC(C)C)C(C)(C)Br. The minimum Gasteiger partial charge on any atom is -0.370 e. The van der Waals surface area contributed by atoms with Crippen LogP contribution in [0.25, 0.3) is 0 Å². The van der Waals surface area contributed by atoms with E-state index in [1.165, 1.54) is 0 Å². The Morgan fingerprint density at radius 2 is 1.69 bits per heavy atom. The van der Waals surface area contributed by atoms with Gasteiger partial charge in [0.25, 0.3) is 0 Å². The van der Waals surface area contributed by atoms with Gasteiger partial charge in [-0.25, -0.2) is 0 Å². The molecule has 0 aromatic carbocycles. The Morgan fingerprint density at radius 3 is 1.92 bits per heavy atom. The molecule has 0 aliphatic heterocycles. The zero-order valence-corrected chi connectivity index (χ0v) is 11.1. The van der Waals surface area contributed by atoms with E-state index in [0.717, 1.165) is 5.84 Å². The molecule has 0 spiro atoms. The lowest BCUT2D eigenvalue weighted by atomic mass is 10.1. The zero-order valence-electron chi connectivity index (χ0n) is 9.48. The quantitative estimate of drug-likeness (QED) is 0.464. The van der Waals surface area contributed by atoms with Gasteiger partial charge in [-0.1, -0.05) is 15.9 Å². The predicted octanol–water partition coefficient (Wildman–Crippen LogP) is 2.96. The first kappa shape index (κ1) is 12.9. The summed E-state index contributed by atoms with van der Waals surface area (Å²) >= 11 is 3.61. The molecule has 3 heteroatoms.